The van der Waals surface area contributed by atoms with Crippen molar-refractivity contribution in [3.05, 3.63) is 89.0 Å². The van der Waals surface area contributed by atoms with Gasteiger partial charge >= 0.3 is 0 Å². The fourth-order valence-electron chi connectivity index (χ4n) is 4.49. The zero-order valence-electron chi connectivity index (χ0n) is 23.4. The number of hydrogen-bond donors (Lipinski definition) is 1. The van der Waals surface area contributed by atoms with Crippen LogP contribution in [0.4, 0.5) is 5.69 Å². The maximum Gasteiger partial charge on any atom is 0.264 e. The Labute approximate surface area is 231 Å². The van der Waals surface area contributed by atoms with Gasteiger partial charge in [0.05, 0.1) is 17.7 Å². The average molecular weight is 552 g/mol. The van der Waals surface area contributed by atoms with E-state index >= 15 is 0 Å². The minimum Gasteiger partial charge on any atom is -0.497 e. The summed E-state index contributed by atoms with van der Waals surface area (Å²) in [4.78, 5) is 28.4. The molecule has 9 heteroatoms. The van der Waals surface area contributed by atoms with Gasteiger partial charge in [0, 0.05) is 13.6 Å². The second-order valence-electron chi connectivity index (χ2n) is 9.53. The van der Waals surface area contributed by atoms with Gasteiger partial charge in [-0.15, -0.1) is 0 Å². The van der Waals surface area contributed by atoms with Gasteiger partial charge in [-0.05, 0) is 68.7 Å². The summed E-state index contributed by atoms with van der Waals surface area (Å²) in [5.41, 5.74) is 3.77. The number of sulfonamides is 1. The predicted molar refractivity (Wildman–Crippen MR) is 153 cm³/mol. The highest BCUT2D eigenvalue weighted by atomic mass is 32.2. The summed E-state index contributed by atoms with van der Waals surface area (Å²) in [5, 5.41) is 2.63. The minimum absolute atomic E-state index is 0.0820. The molecule has 8 nitrogen and oxygen atoms in total. The molecule has 0 bridgehead atoms. The van der Waals surface area contributed by atoms with Crippen LogP contribution < -0.4 is 14.4 Å². The van der Waals surface area contributed by atoms with Crippen LogP contribution in [0, 0.1) is 20.8 Å². The Bertz CT molecular complexity index is 1420. The van der Waals surface area contributed by atoms with E-state index in [0.29, 0.717) is 17.9 Å². The number of rotatable bonds is 11. The minimum atomic E-state index is -4.11. The van der Waals surface area contributed by atoms with Gasteiger partial charge in [-0.2, -0.15) is 0 Å². The van der Waals surface area contributed by atoms with Crippen molar-refractivity contribution in [3.63, 3.8) is 0 Å². The monoisotopic (exact) mass is 551 g/mol. The molecule has 0 radical (unpaired) electrons. The summed E-state index contributed by atoms with van der Waals surface area (Å²) in [6.45, 7) is 7.06. The molecule has 0 aromatic heterocycles. The van der Waals surface area contributed by atoms with Gasteiger partial charge < -0.3 is 15.0 Å². The number of hydrogen-bond acceptors (Lipinski definition) is 5. The van der Waals surface area contributed by atoms with Gasteiger partial charge in [0.1, 0.15) is 18.3 Å². The van der Waals surface area contributed by atoms with Crippen molar-refractivity contribution in [1.29, 1.82) is 0 Å². The van der Waals surface area contributed by atoms with Crippen LogP contribution in [-0.4, -0.2) is 51.9 Å². The van der Waals surface area contributed by atoms with Crippen molar-refractivity contribution in [2.24, 2.45) is 0 Å². The van der Waals surface area contributed by atoms with E-state index in [2.05, 4.69) is 5.32 Å². The van der Waals surface area contributed by atoms with E-state index in [-0.39, 0.29) is 17.3 Å². The van der Waals surface area contributed by atoms with Gasteiger partial charge in [-0.1, -0.05) is 54.4 Å². The molecule has 0 spiro atoms. The van der Waals surface area contributed by atoms with Crippen LogP contribution in [0.3, 0.4) is 0 Å². The highest BCUT2D eigenvalue weighted by Gasteiger charge is 2.34. The van der Waals surface area contributed by atoms with E-state index in [1.165, 1.54) is 11.9 Å². The number of nitrogens with one attached hydrogen (secondary N) is 1. The molecule has 0 unspecified atom stereocenters. The molecular weight excluding hydrogens is 514 g/mol. The Balaban J connectivity index is 2.10. The number of aryl methyl sites for hydroxylation is 3. The standard InChI is InChI=1S/C30H37N3O5S/c1-7-27(30(35)31-5)32(19-24-9-8-10-25(18-24)38-6)29(34)20-33(28-16-13-22(3)17-23(28)4)39(36,37)26-14-11-21(2)12-15-26/h8-18,27H,7,19-20H2,1-6H3,(H,31,35)/t27-/m1/s1. The normalized spacial score (nSPS) is 11.9. The number of carbonyl (C=O) groups excluding carboxylic acids is 2. The molecule has 3 aromatic carbocycles. The number of nitrogens with zero attached hydrogens (tertiary/aromatic N) is 2. The zero-order chi connectivity index (χ0) is 28.7. The van der Waals surface area contributed by atoms with Crippen LogP contribution in [0.2, 0.25) is 0 Å². The highest BCUT2D eigenvalue weighted by molar-refractivity contribution is 7.92. The quantitative estimate of drug-likeness (QED) is 0.382. The molecule has 1 atom stereocenters. The fourth-order valence-corrected chi connectivity index (χ4v) is 5.97. The third-order valence-corrected chi connectivity index (χ3v) is 8.40. The molecule has 0 aliphatic heterocycles. The maximum atomic E-state index is 14.0. The Hall–Kier alpha value is -3.85. The Morgan fingerprint density at radius 3 is 2.21 bits per heavy atom. The van der Waals surface area contributed by atoms with Crippen LogP contribution in [0.5, 0.6) is 5.75 Å². The van der Waals surface area contributed by atoms with Gasteiger partial charge in [0.2, 0.25) is 11.8 Å². The lowest BCUT2D eigenvalue weighted by molar-refractivity contribution is -0.140. The molecule has 0 heterocycles. The Morgan fingerprint density at radius 1 is 0.949 bits per heavy atom. The molecule has 0 saturated heterocycles. The van der Waals surface area contributed by atoms with E-state index in [9.17, 15) is 18.0 Å². The maximum absolute atomic E-state index is 14.0. The lowest BCUT2D eigenvalue weighted by atomic mass is 10.1. The van der Waals surface area contributed by atoms with Crippen molar-refractivity contribution < 1.29 is 22.7 Å². The van der Waals surface area contributed by atoms with E-state index in [0.717, 1.165) is 26.6 Å². The smallest absolute Gasteiger partial charge is 0.264 e. The molecule has 3 rings (SSSR count). The fraction of sp³-hybridized carbons (Fsp3) is 0.333. The summed E-state index contributed by atoms with van der Waals surface area (Å²) in [6, 6.07) is 18.4. The molecule has 0 aliphatic rings. The predicted octanol–water partition coefficient (Wildman–Crippen LogP) is 4.37. The molecule has 2 amide bonds. The molecule has 39 heavy (non-hydrogen) atoms. The van der Waals surface area contributed by atoms with Crippen molar-refractivity contribution >= 4 is 27.5 Å². The number of amides is 2. The van der Waals surface area contributed by atoms with Crippen molar-refractivity contribution in [1.82, 2.24) is 10.2 Å². The molecule has 0 aliphatic carbocycles. The first-order valence-corrected chi connectivity index (χ1v) is 14.3. The topological polar surface area (TPSA) is 96.0 Å². The summed E-state index contributed by atoms with van der Waals surface area (Å²) < 4.78 is 34.4. The lowest BCUT2D eigenvalue weighted by Crippen LogP contribution is -2.51. The largest absolute Gasteiger partial charge is 0.497 e. The molecule has 1 N–H and O–H groups in total. The molecular formula is C30H37N3O5S. The lowest BCUT2D eigenvalue weighted by Gasteiger charge is -2.33. The molecule has 0 fully saturated rings. The van der Waals surface area contributed by atoms with Crippen LogP contribution in [0.25, 0.3) is 0 Å². The SMILES string of the molecule is CC[C@H](C(=O)NC)N(Cc1cccc(OC)c1)C(=O)CN(c1ccc(C)cc1C)S(=O)(=O)c1ccc(C)cc1. The highest BCUT2D eigenvalue weighted by Crippen LogP contribution is 2.28. The van der Waals surface area contributed by atoms with Crippen LogP contribution in [0.1, 0.15) is 35.6 Å². The summed E-state index contributed by atoms with van der Waals surface area (Å²) in [5.74, 6) is -0.205. The first-order chi connectivity index (χ1) is 18.5. The van der Waals surface area contributed by atoms with Crippen LogP contribution >= 0.6 is 0 Å². The third kappa shape index (κ3) is 6.97. The summed E-state index contributed by atoms with van der Waals surface area (Å²) in [7, 11) is -1.04. The zero-order valence-corrected chi connectivity index (χ0v) is 24.2. The number of anilines is 1. The van der Waals surface area contributed by atoms with Gasteiger partial charge in [-0.3, -0.25) is 13.9 Å². The van der Waals surface area contributed by atoms with Crippen LogP contribution in [0.15, 0.2) is 71.6 Å². The van der Waals surface area contributed by atoms with Gasteiger partial charge in [-0.25, -0.2) is 8.42 Å². The second kappa shape index (κ2) is 12.8. The van der Waals surface area contributed by atoms with E-state index in [1.54, 1.807) is 49.6 Å². The summed E-state index contributed by atoms with van der Waals surface area (Å²) in [6.07, 6.45) is 0.351. The van der Waals surface area contributed by atoms with Crippen molar-refractivity contribution in [2.45, 2.75) is 51.6 Å². The first kappa shape index (κ1) is 29.7. The molecule has 208 valence electrons. The number of benzene rings is 3. The Kier molecular flexibility index (Phi) is 9.75. The number of likely N-dealkylation sites (N-methyl/N-ethyl adjacent to an activating group) is 1. The van der Waals surface area contributed by atoms with Crippen molar-refractivity contribution in [3.8, 4) is 5.75 Å². The third-order valence-electron chi connectivity index (χ3n) is 6.63. The number of ether oxygens (including phenoxy) is 1. The second-order valence-corrected chi connectivity index (χ2v) is 11.4. The van der Waals surface area contributed by atoms with Gasteiger partial charge in [0.15, 0.2) is 0 Å². The Morgan fingerprint density at radius 2 is 1.62 bits per heavy atom. The van der Waals surface area contributed by atoms with Gasteiger partial charge in [0.25, 0.3) is 10.0 Å². The first-order valence-electron chi connectivity index (χ1n) is 12.8. The van der Waals surface area contributed by atoms with E-state index in [1.807, 2.05) is 52.0 Å². The van der Waals surface area contributed by atoms with Crippen LogP contribution in [-0.2, 0) is 26.2 Å². The average Bonchev–Trinajstić information content (AvgIpc) is 2.92. The molecule has 0 saturated carbocycles. The van der Waals surface area contributed by atoms with E-state index in [4.69, 9.17) is 4.74 Å². The molecule has 3 aromatic rings. The van der Waals surface area contributed by atoms with E-state index < -0.39 is 28.5 Å². The summed E-state index contributed by atoms with van der Waals surface area (Å²) >= 11 is 0. The number of carbonyl (C=O) groups is 2. The number of methoxy groups -OCH3 is 1. The van der Waals surface area contributed by atoms with Crippen molar-refractivity contribution in [2.75, 3.05) is 25.0 Å².